The van der Waals surface area contributed by atoms with Gasteiger partial charge in [0.2, 0.25) is 0 Å². The van der Waals surface area contributed by atoms with E-state index < -0.39 is 5.92 Å². The third-order valence-electron chi connectivity index (χ3n) is 8.74. The molecule has 5 nitrogen and oxygen atoms in total. The van der Waals surface area contributed by atoms with Gasteiger partial charge in [-0.1, -0.05) is 85.0 Å². The third-order valence-corrected chi connectivity index (χ3v) is 8.74. The number of hydrogen-bond donors (Lipinski definition) is 1. The van der Waals surface area contributed by atoms with E-state index in [4.69, 9.17) is 9.98 Å². The van der Waals surface area contributed by atoms with E-state index in [-0.39, 0.29) is 11.7 Å². The fraction of sp³-hybridized carbons (Fsp3) is 0.0750. The molecule has 1 N–H and O–H groups in total. The summed E-state index contributed by atoms with van der Waals surface area (Å²) in [5, 5.41) is 3.43. The molecule has 0 radical (unpaired) electrons. The average molecular weight is 583 g/mol. The van der Waals surface area contributed by atoms with Crippen molar-refractivity contribution in [1.82, 2.24) is 10.2 Å². The lowest BCUT2D eigenvalue weighted by atomic mass is 9.69. The Kier molecular flexibility index (Phi) is 6.76. The van der Waals surface area contributed by atoms with E-state index in [0.717, 1.165) is 62.9 Å². The van der Waals surface area contributed by atoms with Crippen LogP contribution in [0.4, 0.5) is 5.69 Å². The predicted molar refractivity (Wildman–Crippen MR) is 183 cm³/mol. The first-order chi connectivity index (χ1) is 22.3. The molecular weight excluding hydrogens is 552 g/mol. The minimum Gasteiger partial charge on any atom is -0.361 e. The third kappa shape index (κ3) is 4.70. The van der Waals surface area contributed by atoms with Crippen LogP contribution in [0.1, 0.15) is 11.5 Å². The monoisotopic (exact) mass is 582 g/mol. The first-order valence-corrected chi connectivity index (χ1v) is 15.3. The highest BCUT2D eigenvalue weighted by Gasteiger charge is 2.42. The van der Waals surface area contributed by atoms with E-state index in [1.165, 1.54) is 5.56 Å². The summed E-state index contributed by atoms with van der Waals surface area (Å²) in [5.41, 5.74) is 10.3. The zero-order valence-corrected chi connectivity index (χ0v) is 24.5. The molecule has 2 aliphatic carbocycles. The molecule has 0 fully saturated rings. The molecule has 0 saturated heterocycles. The van der Waals surface area contributed by atoms with E-state index >= 15 is 0 Å². The zero-order chi connectivity index (χ0) is 30.2. The fourth-order valence-corrected chi connectivity index (χ4v) is 6.80. The van der Waals surface area contributed by atoms with Crippen molar-refractivity contribution in [3.8, 4) is 0 Å². The Bertz CT molecular complexity index is 2020. The van der Waals surface area contributed by atoms with Crippen molar-refractivity contribution in [2.45, 2.75) is 5.92 Å². The van der Waals surface area contributed by atoms with Crippen molar-refractivity contribution in [3.63, 3.8) is 0 Å². The molecule has 2 atom stereocenters. The molecule has 0 saturated carbocycles. The second kappa shape index (κ2) is 11.4. The van der Waals surface area contributed by atoms with Crippen LogP contribution in [0.5, 0.6) is 0 Å². The molecule has 1 aromatic rings. The van der Waals surface area contributed by atoms with Crippen molar-refractivity contribution in [3.05, 3.63) is 197 Å². The van der Waals surface area contributed by atoms with Gasteiger partial charge < -0.3 is 10.2 Å². The summed E-state index contributed by atoms with van der Waals surface area (Å²) >= 11 is 0. The SMILES string of the molecule is O=C1C=C(C2=CC=CC=CN2)C(C2=N/C=C\C=C/C=C\2)=C(C2=C3C=CC=CN3CC=C2)C1C1=CC=CC2C1=Nc1ccccc12. The van der Waals surface area contributed by atoms with Gasteiger partial charge in [-0.15, -0.1) is 0 Å². The van der Waals surface area contributed by atoms with E-state index in [0.29, 0.717) is 0 Å². The Hall–Kier alpha value is -5.81. The molecule has 2 unspecified atom stereocenters. The fourth-order valence-electron chi connectivity index (χ4n) is 6.80. The van der Waals surface area contributed by atoms with Crippen molar-refractivity contribution < 1.29 is 4.79 Å². The summed E-state index contributed by atoms with van der Waals surface area (Å²) in [4.78, 5) is 27.1. The smallest absolute Gasteiger partial charge is 0.168 e. The van der Waals surface area contributed by atoms with E-state index in [1.807, 2.05) is 79.2 Å². The quantitative estimate of drug-likeness (QED) is 0.397. The maximum absolute atomic E-state index is 14.8. The zero-order valence-electron chi connectivity index (χ0n) is 24.5. The standard InChI is InChI=1S/C40H30N4O/c45-36-26-31(32-18-5-3-10-22-41-32)37(34-20-4-1-2-9-23-42-34)39(29-17-13-25-44-24-11-8-21-35(29)44)38(36)30-16-12-15-28-27-14-6-7-19-33(27)43-40(28)30/h1-24,26,28,38,41H,25H2/b2-1-,4-1?,9-2?,20-4-,23-9-,34-20?,42-23?,42-34+. The molecule has 216 valence electrons. The number of para-hydroxylation sites is 1. The number of hydrogen-bond acceptors (Lipinski definition) is 5. The predicted octanol–water partition coefficient (Wildman–Crippen LogP) is 7.62. The highest BCUT2D eigenvalue weighted by Crippen LogP contribution is 2.48. The number of ketones is 1. The molecule has 0 amide bonds. The number of benzene rings is 1. The molecule has 5 heterocycles. The van der Waals surface area contributed by atoms with Gasteiger partial charge >= 0.3 is 0 Å². The van der Waals surface area contributed by atoms with Crippen molar-refractivity contribution in [2.75, 3.05) is 6.54 Å². The first kappa shape index (κ1) is 26.8. The van der Waals surface area contributed by atoms with Gasteiger partial charge in [0.05, 0.1) is 23.0 Å². The molecule has 5 heteroatoms. The molecule has 0 spiro atoms. The Balaban J connectivity index is 1.42. The highest BCUT2D eigenvalue weighted by atomic mass is 16.1. The summed E-state index contributed by atoms with van der Waals surface area (Å²) in [7, 11) is 0. The topological polar surface area (TPSA) is 57.1 Å². The molecular formula is C40H30N4O. The maximum atomic E-state index is 14.8. The summed E-state index contributed by atoms with van der Waals surface area (Å²) < 4.78 is 0. The normalized spacial score (nSPS) is 27.5. The molecule has 8 rings (SSSR count). The van der Waals surface area contributed by atoms with Gasteiger partial charge in [-0.05, 0) is 65.3 Å². The van der Waals surface area contributed by atoms with Crippen LogP contribution in [0.15, 0.2) is 201 Å². The van der Waals surface area contributed by atoms with Gasteiger partial charge in [0, 0.05) is 59.2 Å². The van der Waals surface area contributed by atoms with E-state index in [1.54, 1.807) is 6.08 Å². The molecule has 7 aliphatic rings. The largest absolute Gasteiger partial charge is 0.361 e. The molecule has 0 bridgehead atoms. The van der Waals surface area contributed by atoms with Crippen LogP contribution in [0.25, 0.3) is 0 Å². The molecule has 5 aliphatic heterocycles. The molecule has 1 aromatic carbocycles. The van der Waals surface area contributed by atoms with Crippen LogP contribution in [-0.2, 0) is 4.79 Å². The van der Waals surface area contributed by atoms with Crippen molar-refractivity contribution >= 4 is 22.9 Å². The maximum Gasteiger partial charge on any atom is 0.168 e. The number of carbonyl (C=O) groups excluding carboxylic acids is 1. The van der Waals surface area contributed by atoms with Crippen LogP contribution in [0, 0.1) is 5.92 Å². The Morgan fingerprint density at radius 1 is 0.867 bits per heavy atom. The van der Waals surface area contributed by atoms with Crippen LogP contribution < -0.4 is 5.32 Å². The Labute approximate surface area is 262 Å². The van der Waals surface area contributed by atoms with Gasteiger partial charge in [0.15, 0.2) is 5.78 Å². The number of nitrogens with one attached hydrogen (secondary N) is 1. The van der Waals surface area contributed by atoms with Gasteiger partial charge in [-0.3, -0.25) is 14.8 Å². The number of aliphatic imine (C=N–C) groups is 2. The van der Waals surface area contributed by atoms with Crippen LogP contribution in [0.3, 0.4) is 0 Å². The van der Waals surface area contributed by atoms with E-state index in [2.05, 4.69) is 77.1 Å². The lowest BCUT2D eigenvalue weighted by Crippen LogP contribution is -2.34. The van der Waals surface area contributed by atoms with Gasteiger partial charge in [-0.25, -0.2) is 0 Å². The highest BCUT2D eigenvalue weighted by molar-refractivity contribution is 6.21. The van der Waals surface area contributed by atoms with Crippen LogP contribution >= 0.6 is 0 Å². The van der Waals surface area contributed by atoms with Gasteiger partial charge in [-0.2, -0.15) is 0 Å². The van der Waals surface area contributed by atoms with Gasteiger partial charge in [0.25, 0.3) is 0 Å². The Morgan fingerprint density at radius 3 is 2.73 bits per heavy atom. The number of nitrogens with zero attached hydrogens (tertiary/aromatic N) is 3. The Morgan fingerprint density at radius 2 is 1.76 bits per heavy atom. The molecule has 0 aromatic heterocycles. The number of allylic oxidation sites excluding steroid dienone is 21. The number of fused-ring (bicyclic) bond motifs is 4. The summed E-state index contributed by atoms with van der Waals surface area (Å²) in [6.45, 7) is 0.760. The van der Waals surface area contributed by atoms with Crippen molar-refractivity contribution in [1.29, 1.82) is 0 Å². The lowest BCUT2D eigenvalue weighted by molar-refractivity contribution is -0.116. The van der Waals surface area contributed by atoms with E-state index in [9.17, 15) is 4.79 Å². The number of rotatable bonds is 4. The summed E-state index contributed by atoms with van der Waals surface area (Å²) in [6.07, 6.45) is 42.4. The first-order valence-electron chi connectivity index (χ1n) is 15.3. The number of carbonyl (C=O) groups is 1. The van der Waals surface area contributed by atoms with Gasteiger partial charge in [0.1, 0.15) is 0 Å². The minimum atomic E-state index is -0.589. The summed E-state index contributed by atoms with van der Waals surface area (Å²) in [5.74, 6) is -0.567. The molecule has 45 heavy (non-hydrogen) atoms. The van der Waals surface area contributed by atoms with Crippen LogP contribution in [0.2, 0.25) is 0 Å². The van der Waals surface area contributed by atoms with Crippen molar-refractivity contribution in [2.24, 2.45) is 15.9 Å². The average Bonchev–Trinajstić information content (AvgIpc) is 3.22. The second-order valence-corrected chi connectivity index (χ2v) is 11.3. The second-order valence-electron chi connectivity index (χ2n) is 11.3. The lowest BCUT2D eigenvalue weighted by Gasteiger charge is -2.36. The van der Waals surface area contributed by atoms with Crippen LogP contribution in [-0.4, -0.2) is 28.7 Å². The minimum absolute atomic E-state index is 0.00541. The summed E-state index contributed by atoms with van der Waals surface area (Å²) in [6, 6.07) is 8.27.